The second kappa shape index (κ2) is 7.75. The molecule has 0 saturated heterocycles. The molecular formula is C14H23NOS. The van der Waals surface area contributed by atoms with E-state index in [1.807, 2.05) is 11.8 Å². The topological polar surface area (TPSA) is 32.3 Å². The van der Waals surface area contributed by atoms with Gasteiger partial charge in [-0.1, -0.05) is 26.0 Å². The standard InChI is InChI=1S/C14H23NOS/c1-11(2)15-10-13-5-6-14(12(3)9-13)17-8-4-7-16/h5-6,9,11,15-16H,4,7-8,10H2,1-3H3. The Balaban J connectivity index is 2.53. The highest BCUT2D eigenvalue weighted by Gasteiger charge is 2.01. The molecule has 0 aromatic heterocycles. The van der Waals surface area contributed by atoms with Crippen LogP contribution in [0.25, 0.3) is 0 Å². The number of aliphatic hydroxyl groups excluding tert-OH is 1. The second-order valence-electron chi connectivity index (χ2n) is 4.56. The van der Waals surface area contributed by atoms with Crippen molar-refractivity contribution in [2.24, 2.45) is 0 Å². The molecule has 96 valence electrons. The van der Waals surface area contributed by atoms with Crippen LogP contribution in [-0.2, 0) is 6.54 Å². The van der Waals surface area contributed by atoms with Crippen molar-refractivity contribution in [1.29, 1.82) is 0 Å². The van der Waals surface area contributed by atoms with Gasteiger partial charge in [0.05, 0.1) is 0 Å². The van der Waals surface area contributed by atoms with Gasteiger partial charge in [-0.05, 0) is 30.5 Å². The largest absolute Gasteiger partial charge is 0.396 e. The summed E-state index contributed by atoms with van der Waals surface area (Å²) in [6, 6.07) is 7.14. The van der Waals surface area contributed by atoms with Gasteiger partial charge in [0.1, 0.15) is 0 Å². The second-order valence-corrected chi connectivity index (χ2v) is 5.70. The van der Waals surface area contributed by atoms with E-state index < -0.39 is 0 Å². The third kappa shape index (κ3) is 5.57. The lowest BCUT2D eigenvalue weighted by Crippen LogP contribution is -2.21. The lowest BCUT2D eigenvalue weighted by atomic mass is 10.1. The van der Waals surface area contributed by atoms with Gasteiger partial charge in [-0.2, -0.15) is 0 Å². The molecule has 0 bridgehead atoms. The summed E-state index contributed by atoms with van der Waals surface area (Å²) < 4.78 is 0. The summed E-state index contributed by atoms with van der Waals surface area (Å²) in [5, 5.41) is 12.2. The van der Waals surface area contributed by atoms with Crippen LogP contribution in [0.3, 0.4) is 0 Å². The lowest BCUT2D eigenvalue weighted by Gasteiger charge is -2.11. The molecule has 0 heterocycles. The molecular weight excluding hydrogens is 230 g/mol. The van der Waals surface area contributed by atoms with Gasteiger partial charge >= 0.3 is 0 Å². The van der Waals surface area contributed by atoms with Crippen LogP contribution in [0.2, 0.25) is 0 Å². The molecule has 0 aliphatic rings. The fourth-order valence-electron chi connectivity index (χ4n) is 1.55. The Hall–Kier alpha value is -0.510. The quantitative estimate of drug-likeness (QED) is 0.579. The fourth-order valence-corrected chi connectivity index (χ4v) is 2.50. The Kier molecular flexibility index (Phi) is 6.63. The molecule has 3 heteroatoms. The molecule has 0 atom stereocenters. The smallest absolute Gasteiger partial charge is 0.0439 e. The van der Waals surface area contributed by atoms with Gasteiger partial charge < -0.3 is 10.4 Å². The minimum Gasteiger partial charge on any atom is -0.396 e. The van der Waals surface area contributed by atoms with Gasteiger partial charge in [-0.3, -0.25) is 0 Å². The first kappa shape index (κ1) is 14.6. The number of benzene rings is 1. The number of aliphatic hydroxyl groups is 1. The van der Waals surface area contributed by atoms with Crippen LogP contribution < -0.4 is 5.32 Å². The average molecular weight is 253 g/mol. The Morgan fingerprint density at radius 3 is 2.71 bits per heavy atom. The average Bonchev–Trinajstić information content (AvgIpc) is 2.29. The Labute approximate surface area is 109 Å². The third-order valence-electron chi connectivity index (χ3n) is 2.51. The zero-order valence-corrected chi connectivity index (χ0v) is 11.8. The van der Waals surface area contributed by atoms with E-state index in [-0.39, 0.29) is 6.61 Å². The van der Waals surface area contributed by atoms with Crippen LogP contribution in [-0.4, -0.2) is 23.5 Å². The number of rotatable bonds is 7. The maximum absolute atomic E-state index is 8.76. The molecule has 1 aromatic rings. The molecule has 0 aliphatic heterocycles. The van der Waals surface area contributed by atoms with Crippen LogP contribution in [0.1, 0.15) is 31.4 Å². The van der Waals surface area contributed by atoms with Gasteiger partial charge in [0, 0.05) is 29.8 Å². The monoisotopic (exact) mass is 253 g/mol. The number of aryl methyl sites for hydroxylation is 1. The molecule has 1 aromatic carbocycles. The Bertz CT molecular complexity index is 339. The fraction of sp³-hybridized carbons (Fsp3) is 0.571. The molecule has 0 radical (unpaired) electrons. The van der Waals surface area contributed by atoms with Crippen molar-refractivity contribution in [2.45, 2.75) is 44.7 Å². The number of hydrogen-bond donors (Lipinski definition) is 2. The number of nitrogens with one attached hydrogen (secondary N) is 1. The van der Waals surface area contributed by atoms with Gasteiger partial charge in [-0.15, -0.1) is 11.8 Å². The highest BCUT2D eigenvalue weighted by Crippen LogP contribution is 2.23. The van der Waals surface area contributed by atoms with Crippen molar-refractivity contribution in [3.63, 3.8) is 0 Å². The van der Waals surface area contributed by atoms with E-state index in [1.165, 1.54) is 16.0 Å². The van der Waals surface area contributed by atoms with Crippen molar-refractivity contribution in [1.82, 2.24) is 5.32 Å². The van der Waals surface area contributed by atoms with Gasteiger partial charge in [-0.25, -0.2) is 0 Å². The summed E-state index contributed by atoms with van der Waals surface area (Å²) in [6.45, 7) is 7.68. The van der Waals surface area contributed by atoms with Crippen molar-refractivity contribution in [2.75, 3.05) is 12.4 Å². The summed E-state index contributed by atoms with van der Waals surface area (Å²) in [5.41, 5.74) is 2.67. The van der Waals surface area contributed by atoms with E-state index in [0.29, 0.717) is 6.04 Å². The van der Waals surface area contributed by atoms with E-state index in [0.717, 1.165) is 18.7 Å². The SMILES string of the molecule is Cc1cc(CNC(C)C)ccc1SCCCO. The van der Waals surface area contributed by atoms with Crippen LogP contribution in [0.4, 0.5) is 0 Å². The summed E-state index contributed by atoms with van der Waals surface area (Å²) >= 11 is 1.82. The number of hydrogen-bond acceptors (Lipinski definition) is 3. The van der Waals surface area contributed by atoms with E-state index in [4.69, 9.17) is 5.11 Å². The van der Waals surface area contributed by atoms with Crippen LogP contribution in [0, 0.1) is 6.92 Å². The maximum Gasteiger partial charge on any atom is 0.0439 e. The van der Waals surface area contributed by atoms with E-state index in [2.05, 4.69) is 44.3 Å². The van der Waals surface area contributed by atoms with Gasteiger partial charge in [0.2, 0.25) is 0 Å². The van der Waals surface area contributed by atoms with Crippen molar-refractivity contribution < 1.29 is 5.11 Å². The van der Waals surface area contributed by atoms with E-state index >= 15 is 0 Å². The molecule has 0 saturated carbocycles. The molecule has 2 nitrogen and oxygen atoms in total. The predicted octanol–water partition coefficient (Wildman–Crippen LogP) is 2.97. The number of thioether (sulfide) groups is 1. The van der Waals surface area contributed by atoms with Crippen molar-refractivity contribution in [3.8, 4) is 0 Å². The lowest BCUT2D eigenvalue weighted by molar-refractivity contribution is 0.296. The minimum atomic E-state index is 0.280. The predicted molar refractivity (Wildman–Crippen MR) is 75.6 cm³/mol. The van der Waals surface area contributed by atoms with Crippen molar-refractivity contribution in [3.05, 3.63) is 29.3 Å². The van der Waals surface area contributed by atoms with E-state index in [1.54, 1.807) is 0 Å². The first-order valence-corrected chi connectivity index (χ1v) is 7.18. The Morgan fingerprint density at radius 2 is 2.12 bits per heavy atom. The van der Waals surface area contributed by atoms with Crippen LogP contribution in [0.15, 0.2) is 23.1 Å². The van der Waals surface area contributed by atoms with Gasteiger partial charge in [0.15, 0.2) is 0 Å². The highest BCUT2D eigenvalue weighted by atomic mass is 32.2. The summed E-state index contributed by atoms with van der Waals surface area (Å²) in [4.78, 5) is 1.33. The van der Waals surface area contributed by atoms with E-state index in [9.17, 15) is 0 Å². The zero-order valence-electron chi connectivity index (χ0n) is 11.0. The molecule has 0 unspecified atom stereocenters. The third-order valence-corrected chi connectivity index (χ3v) is 3.78. The zero-order chi connectivity index (χ0) is 12.7. The first-order chi connectivity index (χ1) is 8.13. The molecule has 0 fully saturated rings. The van der Waals surface area contributed by atoms with Gasteiger partial charge in [0.25, 0.3) is 0 Å². The first-order valence-electron chi connectivity index (χ1n) is 6.20. The minimum absolute atomic E-state index is 0.280. The highest BCUT2D eigenvalue weighted by molar-refractivity contribution is 7.99. The molecule has 17 heavy (non-hydrogen) atoms. The summed E-state index contributed by atoms with van der Waals surface area (Å²) in [5.74, 6) is 0.987. The van der Waals surface area contributed by atoms with Crippen LogP contribution in [0.5, 0.6) is 0 Å². The summed E-state index contributed by atoms with van der Waals surface area (Å²) in [6.07, 6.45) is 0.862. The molecule has 2 N–H and O–H groups in total. The molecule has 0 aliphatic carbocycles. The molecule has 1 rings (SSSR count). The molecule has 0 amide bonds. The Morgan fingerprint density at radius 1 is 1.35 bits per heavy atom. The molecule has 0 spiro atoms. The summed E-state index contributed by atoms with van der Waals surface area (Å²) in [7, 11) is 0. The maximum atomic E-state index is 8.76. The normalized spacial score (nSPS) is 11.1. The van der Waals surface area contributed by atoms with Crippen molar-refractivity contribution >= 4 is 11.8 Å². The van der Waals surface area contributed by atoms with Crippen LogP contribution >= 0.6 is 11.8 Å².